The molecule has 7 nitrogen and oxygen atoms in total. The first kappa shape index (κ1) is 18.2. The average Bonchev–Trinajstić information content (AvgIpc) is 2.77. The molecule has 4 aromatic rings. The molecule has 2 aromatic carbocycles. The number of rotatable bonds is 5. The van der Waals surface area contributed by atoms with Gasteiger partial charge in [-0.1, -0.05) is 24.3 Å². The largest absolute Gasteiger partial charge is 0.423 e. The number of benzene rings is 2. The fraction of sp³-hybridized carbons (Fsp3) is 0.0455. The lowest BCUT2D eigenvalue weighted by molar-refractivity contribution is 0.0735. The third-order valence-corrected chi connectivity index (χ3v) is 4.15. The average molecular weight is 383 g/mol. The van der Waals surface area contributed by atoms with Gasteiger partial charge in [0.2, 0.25) is 5.95 Å². The highest BCUT2D eigenvalue weighted by atomic mass is 16.5. The van der Waals surface area contributed by atoms with E-state index >= 15 is 0 Å². The monoisotopic (exact) mass is 383 g/mol. The Morgan fingerprint density at radius 1 is 0.931 bits per heavy atom. The first-order chi connectivity index (χ1) is 14.2. The number of aryl methyl sites for hydroxylation is 1. The van der Waals surface area contributed by atoms with Crippen molar-refractivity contribution in [1.82, 2.24) is 19.9 Å². The zero-order valence-corrected chi connectivity index (χ0v) is 15.6. The van der Waals surface area contributed by atoms with Crippen molar-refractivity contribution in [2.45, 2.75) is 6.92 Å². The van der Waals surface area contributed by atoms with Gasteiger partial charge in [0.25, 0.3) is 0 Å². The van der Waals surface area contributed by atoms with E-state index in [2.05, 4.69) is 25.3 Å². The van der Waals surface area contributed by atoms with Crippen molar-refractivity contribution in [2.75, 3.05) is 5.32 Å². The molecule has 0 spiro atoms. The van der Waals surface area contributed by atoms with E-state index in [9.17, 15) is 4.79 Å². The van der Waals surface area contributed by atoms with Crippen molar-refractivity contribution in [3.05, 3.63) is 90.5 Å². The lowest BCUT2D eigenvalue weighted by atomic mass is 10.1. The molecular weight excluding hydrogens is 366 g/mol. The lowest BCUT2D eigenvalue weighted by Crippen LogP contribution is -2.09. The molecule has 0 saturated heterocycles. The van der Waals surface area contributed by atoms with Crippen LogP contribution in [0, 0.1) is 6.92 Å². The molecule has 4 rings (SSSR count). The quantitative estimate of drug-likeness (QED) is 0.408. The van der Waals surface area contributed by atoms with Gasteiger partial charge in [0, 0.05) is 24.3 Å². The number of para-hydroxylation sites is 1. The summed E-state index contributed by atoms with van der Waals surface area (Å²) in [4.78, 5) is 29.5. The topological polar surface area (TPSA) is 89.9 Å². The standard InChI is InChI=1S/C22H17N5O2/c1-15-7-8-16(21(28)29-17-5-3-2-4-6-17)13-19(15)27-22-25-10-9-18(26-22)20-14-23-11-12-24-20/h2-14H,1H3,(H,25,26,27). The Kier molecular flexibility index (Phi) is 5.20. The number of esters is 1. The van der Waals surface area contributed by atoms with Crippen LogP contribution in [-0.2, 0) is 0 Å². The molecule has 7 heteroatoms. The summed E-state index contributed by atoms with van der Waals surface area (Å²) in [6.45, 7) is 1.93. The Labute approximate surface area is 167 Å². The predicted molar refractivity (Wildman–Crippen MR) is 109 cm³/mol. The van der Waals surface area contributed by atoms with Crippen LogP contribution in [0.15, 0.2) is 79.4 Å². The van der Waals surface area contributed by atoms with Crippen molar-refractivity contribution in [2.24, 2.45) is 0 Å². The Balaban J connectivity index is 1.56. The molecule has 0 saturated carbocycles. The zero-order chi connectivity index (χ0) is 20.1. The summed E-state index contributed by atoms with van der Waals surface area (Å²) in [5.41, 5.74) is 3.37. The Bertz CT molecular complexity index is 1130. The van der Waals surface area contributed by atoms with E-state index in [-0.39, 0.29) is 0 Å². The van der Waals surface area contributed by atoms with E-state index in [1.165, 1.54) is 0 Å². The number of ether oxygens (including phenoxy) is 1. The van der Waals surface area contributed by atoms with Gasteiger partial charge in [-0.25, -0.2) is 14.8 Å². The van der Waals surface area contributed by atoms with Gasteiger partial charge >= 0.3 is 5.97 Å². The maximum absolute atomic E-state index is 12.5. The van der Waals surface area contributed by atoms with Gasteiger partial charge in [-0.3, -0.25) is 9.97 Å². The fourth-order valence-corrected chi connectivity index (χ4v) is 2.65. The highest BCUT2D eigenvalue weighted by Crippen LogP contribution is 2.22. The number of carbonyl (C=O) groups is 1. The summed E-state index contributed by atoms with van der Waals surface area (Å²) < 4.78 is 5.41. The summed E-state index contributed by atoms with van der Waals surface area (Å²) in [5, 5.41) is 3.16. The lowest BCUT2D eigenvalue weighted by Gasteiger charge is -2.11. The highest BCUT2D eigenvalue weighted by molar-refractivity contribution is 5.92. The van der Waals surface area contributed by atoms with Crippen molar-refractivity contribution >= 4 is 17.6 Å². The van der Waals surface area contributed by atoms with Crippen molar-refractivity contribution < 1.29 is 9.53 Å². The van der Waals surface area contributed by atoms with Gasteiger partial charge in [0.15, 0.2) is 0 Å². The maximum atomic E-state index is 12.5. The van der Waals surface area contributed by atoms with Crippen molar-refractivity contribution in [3.8, 4) is 17.1 Å². The number of nitrogens with zero attached hydrogens (tertiary/aromatic N) is 4. The molecule has 0 atom stereocenters. The number of carbonyl (C=O) groups excluding carboxylic acids is 1. The third kappa shape index (κ3) is 4.41. The van der Waals surface area contributed by atoms with Crippen LogP contribution in [0.4, 0.5) is 11.6 Å². The molecule has 29 heavy (non-hydrogen) atoms. The van der Waals surface area contributed by atoms with Gasteiger partial charge in [-0.05, 0) is 42.8 Å². The minimum absolute atomic E-state index is 0.393. The third-order valence-electron chi connectivity index (χ3n) is 4.15. The molecule has 142 valence electrons. The van der Waals surface area contributed by atoms with Crippen LogP contribution in [0.5, 0.6) is 5.75 Å². The maximum Gasteiger partial charge on any atom is 0.343 e. The van der Waals surface area contributed by atoms with Gasteiger partial charge in [-0.15, -0.1) is 0 Å². The summed E-state index contributed by atoms with van der Waals surface area (Å²) in [6.07, 6.45) is 6.49. The molecule has 1 N–H and O–H groups in total. The van der Waals surface area contributed by atoms with E-state index < -0.39 is 5.97 Å². The van der Waals surface area contributed by atoms with Crippen LogP contribution in [0.25, 0.3) is 11.4 Å². The van der Waals surface area contributed by atoms with E-state index in [4.69, 9.17) is 4.74 Å². The second kappa shape index (κ2) is 8.26. The molecule has 0 fully saturated rings. The Morgan fingerprint density at radius 3 is 2.59 bits per heavy atom. The van der Waals surface area contributed by atoms with E-state index in [0.29, 0.717) is 34.3 Å². The first-order valence-corrected chi connectivity index (χ1v) is 8.93. The molecule has 2 aromatic heterocycles. The number of hydrogen-bond acceptors (Lipinski definition) is 7. The Hall–Kier alpha value is -4.13. The highest BCUT2D eigenvalue weighted by Gasteiger charge is 2.12. The van der Waals surface area contributed by atoms with E-state index in [1.54, 1.807) is 55.1 Å². The molecule has 0 bridgehead atoms. The molecule has 0 radical (unpaired) electrons. The van der Waals surface area contributed by atoms with Crippen molar-refractivity contribution in [3.63, 3.8) is 0 Å². The minimum Gasteiger partial charge on any atom is -0.423 e. The smallest absolute Gasteiger partial charge is 0.343 e. The molecule has 0 amide bonds. The van der Waals surface area contributed by atoms with Crippen LogP contribution in [-0.4, -0.2) is 25.9 Å². The van der Waals surface area contributed by atoms with Gasteiger partial charge in [0.05, 0.1) is 17.5 Å². The molecule has 0 aliphatic rings. The number of anilines is 2. The second-order valence-corrected chi connectivity index (χ2v) is 6.21. The van der Waals surface area contributed by atoms with Crippen LogP contribution in [0.3, 0.4) is 0 Å². The summed E-state index contributed by atoms with van der Waals surface area (Å²) >= 11 is 0. The van der Waals surface area contributed by atoms with Crippen molar-refractivity contribution in [1.29, 1.82) is 0 Å². The number of nitrogens with one attached hydrogen (secondary N) is 1. The van der Waals surface area contributed by atoms with Crippen LogP contribution in [0.1, 0.15) is 15.9 Å². The normalized spacial score (nSPS) is 10.4. The van der Waals surface area contributed by atoms with Gasteiger partial charge in [-0.2, -0.15) is 0 Å². The predicted octanol–water partition coefficient (Wildman–Crippen LogP) is 4.20. The summed E-state index contributed by atoms with van der Waals surface area (Å²) in [5.74, 6) is 0.450. The van der Waals surface area contributed by atoms with Crippen LogP contribution < -0.4 is 10.1 Å². The summed E-state index contributed by atoms with van der Waals surface area (Å²) in [6, 6.07) is 16.0. The Morgan fingerprint density at radius 2 is 1.79 bits per heavy atom. The van der Waals surface area contributed by atoms with E-state index in [1.807, 2.05) is 31.2 Å². The second-order valence-electron chi connectivity index (χ2n) is 6.21. The zero-order valence-electron chi connectivity index (χ0n) is 15.6. The van der Waals surface area contributed by atoms with Gasteiger partial charge < -0.3 is 10.1 Å². The minimum atomic E-state index is -0.437. The molecular formula is C22H17N5O2. The number of aromatic nitrogens is 4. The molecule has 0 aliphatic heterocycles. The van der Waals surface area contributed by atoms with E-state index in [0.717, 1.165) is 5.56 Å². The van der Waals surface area contributed by atoms with Gasteiger partial charge in [0.1, 0.15) is 11.4 Å². The first-order valence-electron chi connectivity index (χ1n) is 8.93. The molecule has 0 unspecified atom stereocenters. The summed E-state index contributed by atoms with van der Waals surface area (Å²) in [7, 11) is 0. The van der Waals surface area contributed by atoms with Crippen LogP contribution in [0.2, 0.25) is 0 Å². The number of hydrogen-bond donors (Lipinski definition) is 1. The molecule has 0 aliphatic carbocycles. The SMILES string of the molecule is Cc1ccc(C(=O)Oc2ccccc2)cc1Nc1nccc(-c2cnccn2)n1. The molecule has 2 heterocycles. The van der Waals surface area contributed by atoms with Crippen LogP contribution >= 0.6 is 0 Å². The fourth-order valence-electron chi connectivity index (χ4n) is 2.65.